The van der Waals surface area contributed by atoms with E-state index >= 15 is 0 Å². The van der Waals surface area contributed by atoms with Crippen molar-refractivity contribution < 1.29 is 0 Å². The van der Waals surface area contributed by atoms with E-state index in [0.717, 1.165) is 29.3 Å². The maximum absolute atomic E-state index is 4.52. The van der Waals surface area contributed by atoms with Gasteiger partial charge >= 0.3 is 0 Å². The second kappa shape index (κ2) is 4.19. The molecule has 0 bridgehead atoms. The van der Waals surface area contributed by atoms with Crippen molar-refractivity contribution in [3.63, 3.8) is 0 Å². The van der Waals surface area contributed by atoms with Gasteiger partial charge in [-0.2, -0.15) is 0 Å². The number of fused-ring (bicyclic) bond motifs is 2. The summed E-state index contributed by atoms with van der Waals surface area (Å²) in [5.74, 6) is 1.86. The zero-order valence-electron chi connectivity index (χ0n) is 12.1. The van der Waals surface area contributed by atoms with Crippen molar-refractivity contribution in [1.82, 2.24) is 20.3 Å². The van der Waals surface area contributed by atoms with E-state index in [9.17, 15) is 0 Å². The van der Waals surface area contributed by atoms with Gasteiger partial charge in [0.25, 0.3) is 0 Å². The van der Waals surface area contributed by atoms with Gasteiger partial charge in [-0.15, -0.1) is 0 Å². The van der Waals surface area contributed by atoms with Crippen molar-refractivity contribution in [3.8, 4) is 0 Å². The van der Waals surface area contributed by atoms with Gasteiger partial charge in [0.1, 0.15) is 17.8 Å². The molecule has 1 saturated heterocycles. The molecule has 2 fully saturated rings. The Balaban J connectivity index is 1.65. The van der Waals surface area contributed by atoms with Gasteiger partial charge in [0, 0.05) is 25.8 Å². The highest BCUT2D eigenvalue weighted by Crippen LogP contribution is 2.47. The Morgan fingerprint density at radius 3 is 3.15 bits per heavy atom. The molecule has 1 aliphatic carbocycles. The lowest BCUT2D eigenvalue weighted by molar-refractivity contribution is 0.304. The summed E-state index contributed by atoms with van der Waals surface area (Å²) >= 11 is 0. The van der Waals surface area contributed by atoms with Crippen molar-refractivity contribution in [2.75, 3.05) is 25.0 Å². The Kier molecular flexibility index (Phi) is 2.54. The molecule has 5 heteroatoms. The van der Waals surface area contributed by atoms with Crippen molar-refractivity contribution in [3.05, 3.63) is 18.6 Å². The first kappa shape index (κ1) is 12.1. The number of hydrogen-bond acceptors (Lipinski definition) is 4. The van der Waals surface area contributed by atoms with Crippen LogP contribution in [-0.4, -0.2) is 41.1 Å². The highest BCUT2D eigenvalue weighted by Gasteiger charge is 2.48. The first-order valence-electron chi connectivity index (χ1n) is 7.39. The molecule has 0 radical (unpaired) electrons. The summed E-state index contributed by atoms with van der Waals surface area (Å²) in [6, 6.07) is 2.65. The lowest BCUT2D eigenvalue weighted by atomic mass is 9.83. The van der Waals surface area contributed by atoms with Gasteiger partial charge in [-0.3, -0.25) is 0 Å². The molecule has 2 aromatic heterocycles. The van der Waals surface area contributed by atoms with Crippen LogP contribution < -0.4 is 10.2 Å². The van der Waals surface area contributed by atoms with Crippen molar-refractivity contribution in [2.24, 2.45) is 11.3 Å². The van der Waals surface area contributed by atoms with Gasteiger partial charge in [0.2, 0.25) is 0 Å². The molecule has 1 aliphatic heterocycles. The molecule has 3 heterocycles. The fourth-order valence-corrected chi connectivity index (χ4v) is 4.09. The number of aromatic nitrogens is 3. The molecular weight excluding hydrogens is 250 g/mol. The second-order valence-electron chi connectivity index (χ2n) is 6.62. The Hall–Kier alpha value is -1.62. The summed E-state index contributed by atoms with van der Waals surface area (Å²) in [5.41, 5.74) is 1.39. The molecule has 0 aromatic carbocycles. The molecule has 1 unspecified atom stereocenters. The van der Waals surface area contributed by atoms with E-state index in [4.69, 9.17) is 0 Å². The maximum atomic E-state index is 4.52. The third-order valence-electron chi connectivity index (χ3n) is 5.38. The number of H-pyrrole nitrogens is 1. The largest absolute Gasteiger partial charge is 0.356 e. The first-order valence-corrected chi connectivity index (χ1v) is 7.39. The zero-order chi connectivity index (χ0) is 13.7. The monoisotopic (exact) mass is 271 g/mol. The number of anilines is 1. The SMILES string of the molecule is CN(c1ncnc2[nH]ccc12)[C@@H]1CC2CNC[C@]2(C)C1. The van der Waals surface area contributed by atoms with Gasteiger partial charge in [-0.05, 0) is 36.8 Å². The van der Waals surface area contributed by atoms with Crippen LogP contribution in [0.4, 0.5) is 5.82 Å². The molecule has 2 aliphatic rings. The van der Waals surface area contributed by atoms with Crippen LogP contribution in [0.3, 0.4) is 0 Å². The fourth-order valence-electron chi connectivity index (χ4n) is 4.09. The smallest absolute Gasteiger partial charge is 0.142 e. The Labute approximate surface area is 118 Å². The number of aromatic amines is 1. The van der Waals surface area contributed by atoms with Crippen LogP contribution >= 0.6 is 0 Å². The lowest BCUT2D eigenvalue weighted by Gasteiger charge is -2.28. The number of hydrogen-bond donors (Lipinski definition) is 2. The van der Waals surface area contributed by atoms with Gasteiger partial charge in [-0.25, -0.2) is 9.97 Å². The fraction of sp³-hybridized carbons (Fsp3) is 0.600. The van der Waals surface area contributed by atoms with E-state index in [-0.39, 0.29) is 0 Å². The van der Waals surface area contributed by atoms with Crippen LogP contribution in [0.15, 0.2) is 18.6 Å². The highest BCUT2D eigenvalue weighted by molar-refractivity contribution is 5.87. The van der Waals surface area contributed by atoms with E-state index < -0.39 is 0 Å². The molecular formula is C15H21N5. The summed E-state index contributed by atoms with van der Waals surface area (Å²) in [5, 5.41) is 4.66. The molecule has 3 atom stereocenters. The average molecular weight is 271 g/mol. The van der Waals surface area contributed by atoms with Gasteiger partial charge < -0.3 is 15.2 Å². The van der Waals surface area contributed by atoms with Gasteiger partial charge in [0.05, 0.1) is 5.39 Å². The van der Waals surface area contributed by atoms with Crippen LogP contribution in [0.25, 0.3) is 11.0 Å². The first-order chi connectivity index (χ1) is 9.67. The van der Waals surface area contributed by atoms with Gasteiger partial charge in [-0.1, -0.05) is 6.92 Å². The zero-order valence-corrected chi connectivity index (χ0v) is 12.1. The summed E-state index contributed by atoms with van der Waals surface area (Å²) in [4.78, 5) is 14.3. The molecule has 2 N–H and O–H groups in total. The Morgan fingerprint density at radius 2 is 2.30 bits per heavy atom. The minimum absolute atomic E-state index is 0.462. The molecule has 20 heavy (non-hydrogen) atoms. The summed E-state index contributed by atoms with van der Waals surface area (Å²) < 4.78 is 0. The van der Waals surface area contributed by atoms with E-state index in [2.05, 4.69) is 45.2 Å². The number of nitrogens with zero attached hydrogens (tertiary/aromatic N) is 3. The Morgan fingerprint density at radius 1 is 1.40 bits per heavy atom. The molecule has 4 rings (SSSR count). The lowest BCUT2D eigenvalue weighted by Crippen LogP contribution is -2.33. The average Bonchev–Trinajstić information content (AvgIpc) is 3.09. The van der Waals surface area contributed by atoms with E-state index in [1.54, 1.807) is 6.33 Å². The standard InChI is InChI=1S/C15H21N5/c1-15-6-11(5-10(15)7-16-8-15)20(2)14-12-3-4-17-13(12)18-9-19-14/h3-4,9-11,16H,5-8H2,1-2H3,(H,17,18,19)/t10?,11-,15+/m1/s1. The quantitative estimate of drug-likeness (QED) is 0.874. The summed E-state index contributed by atoms with van der Waals surface area (Å²) in [6.45, 7) is 4.76. The minimum Gasteiger partial charge on any atom is -0.356 e. The van der Waals surface area contributed by atoms with Crippen LogP contribution in [0.5, 0.6) is 0 Å². The van der Waals surface area contributed by atoms with Crippen LogP contribution in [0.1, 0.15) is 19.8 Å². The molecule has 0 amide bonds. The predicted octanol–water partition coefficient (Wildman–Crippen LogP) is 1.78. The predicted molar refractivity (Wildman–Crippen MR) is 79.8 cm³/mol. The van der Waals surface area contributed by atoms with Gasteiger partial charge in [0.15, 0.2) is 0 Å². The Bertz CT molecular complexity index is 636. The van der Waals surface area contributed by atoms with Crippen molar-refractivity contribution in [1.29, 1.82) is 0 Å². The molecule has 106 valence electrons. The van der Waals surface area contributed by atoms with Crippen LogP contribution in [0.2, 0.25) is 0 Å². The normalized spacial score (nSPS) is 32.7. The van der Waals surface area contributed by atoms with Crippen LogP contribution in [-0.2, 0) is 0 Å². The van der Waals surface area contributed by atoms with Crippen molar-refractivity contribution >= 4 is 16.9 Å². The molecule has 1 saturated carbocycles. The van der Waals surface area contributed by atoms with Crippen LogP contribution in [0, 0.1) is 11.3 Å². The molecule has 0 spiro atoms. The number of rotatable bonds is 2. The third kappa shape index (κ3) is 1.66. The van der Waals surface area contributed by atoms with E-state index in [0.29, 0.717) is 11.5 Å². The topological polar surface area (TPSA) is 56.8 Å². The number of nitrogens with one attached hydrogen (secondary N) is 2. The summed E-state index contributed by atoms with van der Waals surface area (Å²) in [7, 11) is 2.18. The summed E-state index contributed by atoms with van der Waals surface area (Å²) in [6.07, 6.45) is 6.10. The van der Waals surface area contributed by atoms with E-state index in [1.165, 1.54) is 19.4 Å². The van der Waals surface area contributed by atoms with Crippen molar-refractivity contribution in [2.45, 2.75) is 25.8 Å². The maximum Gasteiger partial charge on any atom is 0.142 e. The third-order valence-corrected chi connectivity index (χ3v) is 5.38. The van der Waals surface area contributed by atoms with E-state index in [1.807, 2.05) is 6.20 Å². The molecule has 2 aromatic rings. The minimum atomic E-state index is 0.462. The second-order valence-corrected chi connectivity index (χ2v) is 6.62. The molecule has 5 nitrogen and oxygen atoms in total. The highest BCUT2D eigenvalue weighted by atomic mass is 15.2.